The second-order valence-corrected chi connectivity index (χ2v) is 5.96. The van der Waals surface area contributed by atoms with Crippen molar-refractivity contribution in [2.24, 2.45) is 0 Å². The minimum atomic E-state index is -0.384. The molecule has 4 aromatic rings. The Labute approximate surface area is 142 Å². The first-order valence-electron chi connectivity index (χ1n) is 7.87. The van der Waals surface area contributed by atoms with E-state index in [0.717, 1.165) is 5.56 Å². The summed E-state index contributed by atoms with van der Waals surface area (Å²) in [7, 11) is 0. The molecule has 0 saturated carbocycles. The van der Waals surface area contributed by atoms with Crippen LogP contribution < -0.4 is 5.56 Å². The molecule has 0 unspecified atom stereocenters. The summed E-state index contributed by atoms with van der Waals surface area (Å²) in [5.41, 5.74) is 3.20. The third kappa shape index (κ3) is 2.94. The fraction of sp³-hybridized carbons (Fsp3) is 0.105. The maximum atomic E-state index is 13.4. The SMILES string of the molecule is Cc1ccc(Cn2cnc3nc(-c4cccc(F)c4)[nH]c(=O)c32)cc1. The molecular weight excluding hydrogens is 319 g/mol. The number of fused-ring (bicyclic) bond motifs is 1. The number of halogens is 1. The van der Waals surface area contributed by atoms with Gasteiger partial charge in [0.2, 0.25) is 0 Å². The minimum Gasteiger partial charge on any atom is -0.320 e. The van der Waals surface area contributed by atoms with E-state index in [2.05, 4.69) is 15.0 Å². The molecule has 2 aromatic heterocycles. The molecule has 0 aliphatic rings. The quantitative estimate of drug-likeness (QED) is 0.625. The van der Waals surface area contributed by atoms with E-state index >= 15 is 0 Å². The molecule has 0 bridgehead atoms. The zero-order valence-corrected chi connectivity index (χ0v) is 13.5. The number of H-pyrrole nitrogens is 1. The fourth-order valence-electron chi connectivity index (χ4n) is 2.77. The number of aromatic amines is 1. The van der Waals surface area contributed by atoms with Gasteiger partial charge in [0.15, 0.2) is 11.2 Å². The van der Waals surface area contributed by atoms with Crippen molar-refractivity contribution in [1.82, 2.24) is 19.5 Å². The van der Waals surface area contributed by atoms with E-state index in [1.54, 1.807) is 23.0 Å². The van der Waals surface area contributed by atoms with Crippen LogP contribution in [-0.4, -0.2) is 19.5 Å². The molecular formula is C19H15FN4O. The summed E-state index contributed by atoms with van der Waals surface area (Å²) in [5, 5.41) is 0. The first-order chi connectivity index (χ1) is 12.1. The Morgan fingerprint density at radius 2 is 1.96 bits per heavy atom. The Hall–Kier alpha value is -3.28. The van der Waals surface area contributed by atoms with Gasteiger partial charge in [-0.25, -0.2) is 14.4 Å². The van der Waals surface area contributed by atoms with Gasteiger partial charge in [-0.3, -0.25) is 4.79 Å². The van der Waals surface area contributed by atoms with Crippen molar-refractivity contribution < 1.29 is 4.39 Å². The smallest absolute Gasteiger partial charge is 0.277 e. The number of hydrogen-bond donors (Lipinski definition) is 1. The number of rotatable bonds is 3. The van der Waals surface area contributed by atoms with Gasteiger partial charge in [0, 0.05) is 12.1 Å². The zero-order chi connectivity index (χ0) is 17.4. The predicted molar refractivity (Wildman–Crippen MR) is 93.8 cm³/mol. The van der Waals surface area contributed by atoms with Crippen LogP contribution in [0.25, 0.3) is 22.6 Å². The van der Waals surface area contributed by atoms with Crippen LogP contribution in [0.2, 0.25) is 0 Å². The molecule has 5 nitrogen and oxygen atoms in total. The van der Waals surface area contributed by atoms with Gasteiger partial charge in [-0.15, -0.1) is 0 Å². The van der Waals surface area contributed by atoms with E-state index < -0.39 is 0 Å². The Bertz CT molecular complexity index is 1110. The molecule has 124 valence electrons. The number of aryl methyl sites for hydroxylation is 1. The number of imidazole rings is 1. The summed E-state index contributed by atoms with van der Waals surface area (Å²) in [4.78, 5) is 23.9. The summed E-state index contributed by atoms with van der Waals surface area (Å²) in [6.07, 6.45) is 1.60. The van der Waals surface area contributed by atoms with Gasteiger partial charge in [-0.2, -0.15) is 0 Å². The molecule has 0 spiro atoms. The largest absolute Gasteiger partial charge is 0.320 e. The topological polar surface area (TPSA) is 63.6 Å². The highest BCUT2D eigenvalue weighted by Crippen LogP contribution is 2.17. The van der Waals surface area contributed by atoms with Crippen molar-refractivity contribution in [3.8, 4) is 11.4 Å². The third-order valence-electron chi connectivity index (χ3n) is 4.05. The minimum absolute atomic E-state index is 0.297. The molecule has 4 rings (SSSR count). The second kappa shape index (κ2) is 5.98. The molecule has 25 heavy (non-hydrogen) atoms. The molecule has 0 amide bonds. The molecule has 2 aromatic carbocycles. The highest BCUT2D eigenvalue weighted by molar-refractivity contribution is 5.72. The standard InChI is InChI=1S/C19H15FN4O/c1-12-5-7-13(8-6-12)10-24-11-21-18-16(24)19(25)23-17(22-18)14-3-2-4-15(20)9-14/h2-9,11H,10H2,1H3,(H,22,23,25). The molecule has 0 saturated heterocycles. The van der Waals surface area contributed by atoms with Crippen molar-refractivity contribution in [3.63, 3.8) is 0 Å². The third-order valence-corrected chi connectivity index (χ3v) is 4.05. The Morgan fingerprint density at radius 1 is 1.16 bits per heavy atom. The number of nitrogens with one attached hydrogen (secondary N) is 1. The van der Waals surface area contributed by atoms with Crippen LogP contribution in [-0.2, 0) is 6.54 Å². The Morgan fingerprint density at radius 3 is 2.72 bits per heavy atom. The van der Waals surface area contributed by atoms with Gasteiger partial charge in [-0.1, -0.05) is 42.0 Å². The van der Waals surface area contributed by atoms with E-state index in [1.165, 1.54) is 17.7 Å². The van der Waals surface area contributed by atoms with Gasteiger partial charge in [0.1, 0.15) is 11.6 Å². The van der Waals surface area contributed by atoms with Crippen molar-refractivity contribution >= 4 is 11.2 Å². The Balaban J connectivity index is 1.77. The number of nitrogens with zero attached hydrogens (tertiary/aromatic N) is 3. The first kappa shape index (κ1) is 15.3. The number of aromatic nitrogens is 4. The summed E-state index contributed by atoms with van der Waals surface area (Å²) in [6.45, 7) is 2.56. The van der Waals surface area contributed by atoms with Crippen molar-refractivity contribution in [1.29, 1.82) is 0 Å². The summed E-state index contributed by atoms with van der Waals surface area (Å²) < 4.78 is 15.2. The lowest BCUT2D eigenvalue weighted by Crippen LogP contribution is -2.13. The highest BCUT2D eigenvalue weighted by atomic mass is 19.1. The Kier molecular flexibility index (Phi) is 3.65. The summed E-state index contributed by atoms with van der Waals surface area (Å²) in [6, 6.07) is 14.0. The predicted octanol–water partition coefficient (Wildman–Crippen LogP) is 3.28. The molecule has 0 atom stereocenters. The fourth-order valence-corrected chi connectivity index (χ4v) is 2.77. The average molecular weight is 334 g/mol. The van der Waals surface area contributed by atoms with Crippen molar-refractivity contribution in [3.05, 3.63) is 82.2 Å². The number of benzene rings is 2. The molecule has 0 fully saturated rings. The van der Waals surface area contributed by atoms with E-state index in [9.17, 15) is 9.18 Å². The number of hydrogen-bond acceptors (Lipinski definition) is 3. The summed E-state index contributed by atoms with van der Waals surface area (Å²) in [5.74, 6) is -0.0808. The van der Waals surface area contributed by atoms with Gasteiger partial charge in [-0.05, 0) is 24.6 Å². The van der Waals surface area contributed by atoms with E-state index in [0.29, 0.717) is 29.1 Å². The molecule has 0 aliphatic heterocycles. The van der Waals surface area contributed by atoms with Crippen LogP contribution in [0.1, 0.15) is 11.1 Å². The molecule has 2 heterocycles. The van der Waals surface area contributed by atoms with E-state index in [-0.39, 0.29) is 11.4 Å². The van der Waals surface area contributed by atoms with Gasteiger partial charge >= 0.3 is 0 Å². The molecule has 6 heteroatoms. The van der Waals surface area contributed by atoms with E-state index in [4.69, 9.17) is 0 Å². The van der Waals surface area contributed by atoms with Gasteiger partial charge in [0.25, 0.3) is 5.56 Å². The normalized spacial score (nSPS) is 11.1. The van der Waals surface area contributed by atoms with E-state index in [1.807, 2.05) is 31.2 Å². The van der Waals surface area contributed by atoms with Crippen LogP contribution in [0.5, 0.6) is 0 Å². The highest BCUT2D eigenvalue weighted by Gasteiger charge is 2.12. The van der Waals surface area contributed by atoms with Crippen LogP contribution >= 0.6 is 0 Å². The lowest BCUT2D eigenvalue weighted by molar-refractivity contribution is 0.628. The monoisotopic (exact) mass is 334 g/mol. The lowest BCUT2D eigenvalue weighted by atomic mass is 10.1. The van der Waals surface area contributed by atoms with Crippen LogP contribution in [0.4, 0.5) is 4.39 Å². The van der Waals surface area contributed by atoms with Crippen LogP contribution in [0.15, 0.2) is 59.7 Å². The summed E-state index contributed by atoms with van der Waals surface area (Å²) >= 11 is 0. The maximum Gasteiger partial charge on any atom is 0.277 e. The molecule has 1 N–H and O–H groups in total. The van der Waals surface area contributed by atoms with Crippen molar-refractivity contribution in [2.45, 2.75) is 13.5 Å². The first-order valence-corrected chi connectivity index (χ1v) is 7.87. The van der Waals surface area contributed by atoms with Gasteiger partial charge in [0.05, 0.1) is 6.33 Å². The molecule has 0 aliphatic carbocycles. The zero-order valence-electron chi connectivity index (χ0n) is 13.5. The second-order valence-electron chi connectivity index (χ2n) is 5.96. The molecule has 0 radical (unpaired) electrons. The van der Waals surface area contributed by atoms with Crippen LogP contribution in [0, 0.1) is 12.7 Å². The van der Waals surface area contributed by atoms with Crippen LogP contribution in [0.3, 0.4) is 0 Å². The van der Waals surface area contributed by atoms with Gasteiger partial charge < -0.3 is 9.55 Å². The average Bonchev–Trinajstić information content (AvgIpc) is 3.00. The maximum absolute atomic E-state index is 13.4. The van der Waals surface area contributed by atoms with Crippen molar-refractivity contribution in [2.75, 3.05) is 0 Å². The lowest BCUT2D eigenvalue weighted by Gasteiger charge is -2.05.